The maximum absolute atomic E-state index is 12.3. The van der Waals surface area contributed by atoms with Gasteiger partial charge in [-0.05, 0) is 40.8 Å². The molecular formula is C13H25N5OS. The summed E-state index contributed by atoms with van der Waals surface area (Å²) in [7, 11) is 3.68. The predicted molar refractivity (Wildman–Crippen MR) is 85.4 cm³/mol. The summed E-state index contributed by atoms with van der Waals surface area (Å²) in [5.41, 5.74) is 5.75. The van der Waals surface area contributed by atoms with Crippen molar-refractivity contribution in [3.05, 3.63) is 4.88 Å². The van der Waals surface area contributed by atoms with E-state index in [-0.39, 0.29) is 11.4 Å². The van der Waals surface area contributed by atoms with Gasteiger partial charge in [-0.2, -0.15) is 0 Å². The Kier molecular flexibility index (Phi) is 5.76. The standard InChI is InChI=1S/C13H25N5OS/c1-13(2,3)17-12-16-10(14)9(20-12)11(19)18(5)8-6-7-15-4/h15H,6-8,14H2,1-5H3,(H,16,17). The van der Waals surface area contributed by atoms with Gasteiger partial charge in [-0.3, -0.25) is 4.79 Å². The van der Waals surface area contributed by atoms with E-state index in [0.29, 0.717) is 22.4 Å². The van der Waals surface area contributed by atoms with Crippen molar-refractivity contribution >= 4 is 28.2 Å². The Labute approximate surface area is 124 Å². The van der Waals surface area contributed by atoms with E-state index in [0.717, 1.165) is 13.0 Å². The molecule has 7 heteroatoms. The first-order chi connectivity index (χ1) is 9.24. The molecule has 0 spiro atoms. The third-order valence-corrected chi connectivity index (χ3v) is 3.57. The predicted octanol–water partition coefficient (Wildman–Crippen LogP) is 1.62. The summed E-state index contributed by atoms with van der Waals surface area (Å²) in [6, 6.07) is 0. The minimum atomic E-state index is -0.108. The summed E-state index contributed by atoms with van der Waals surface area (Å²) in [4.78, 5) is 18.7. The summed E-state index contributed by atoms with van der Waals surface area (Å²) in [5.74, 6) is 0.227. The van der Waals surface area contributed by atoms with Gasteiger partial charge in [0.25, 0.3) is 5.91 Å². The van der Waals surface area contributed by atoms with E-state index in [1.54, 1.807) is 11.9 Å². The molecule has 0 bridgehead atoms. The van der Waals surface area contributed by atoms with Gasteiger partial charge in [-0.1, -0.05) is 11.3 Å². The smallest absolute Gasteiger partial charge is 0.267 e. The van der Waals surface area contributed by atoms with Crippen LogP contribution in [0.3, 0.4) is 0 Å². The van der Waals surface area contributed by atoms with E-state index in [2.05, 4.69) is 15.6 Å². The molecule has 0 radical (unpaired) electrons. The number of thiazole rings is 1. The molecule has 1 aromatic rings. The van der Waals surface area contributed by atoms with Crippen molar-refractivity contribution in [1.29, 1.82) is 0 Å². The fourth-order valence-corrected chi connectivity index (χ4v) is 2.72. The largest absolute Gasteiger partial charge is 0.382 e. The normalized spacial score (nSPS) is 11.4. The summed E-state index contributed by atoms with van der Waals surface area (Å²) < 4.78 is 0. The molecule has 1 rings (SSSR count). The molecule has 1 aromatic heterocycles. The number of aromatic nitrogens is 1. The third-order valence-electron chi connectivity index (χ3n) is 2.60. The number of anilines is 2. The van der Waals surface area contributed by atoms with Crippen molar-refractivity contribution in [2.45, 2.75) is 32.7 Å². The topological polar surface area (TPSA) is 83.3 Å². The molecule has 0 aliphatic heterocycles. The zero-order valence-corrected chi connectivity index (χ0v) is 13.7. The van der Waals surface area contributed by atoms with Crippen LogP contribution in [0.4, 0.5) is 10.9 Å². The third kappa shape index (κ3) is 4.97. The number of hydrogen-bond donors (Lipinski definition) is 3. The van der Waals surface area contributed by atoms with E-state index >= 15 is 0 Å². The number of nitrogens with two attached hydrogens (primary N) is 1. The van der Waals surface area contributed by atoms with Crippen LogP contribution in [0, 0.1) is 0 Å². The van der Waals surface area contributed by atoms with E-state index in [1.807, 2.05) is 27.8 Å². The summed E-state index contributed by atoms with van der Waals surface area (Å²) in [6.07, 6.45) is 0.907. The first-order valence-corrected chi connectivity index (χ1v) is 7.51. The molecule has 0 aromatic carbocycles. The summed E-state index contributed by atoms with van der Waals surface area (Å²) in [5, 5.41) is 6.98. The minimum Gasteiger partial charge on any atom is -0.382 e. The molecule has 0 saturated heterocycles. The number of carbonyl (C=O) groups excluding carboxylic acids is 1. The number of nitrogen functional groups attached to an aromatic ring is 1. The molecule has 6 nitrogen and oxygen atoms in total. The molecule has 0 fully saturated rings. The average molecular weight is 299 g/mol. The maximum atomic E-state index is 12.3. The maximum Gasteiger partial charge on any atom is 0.267 e. The van der Waals surface area contributed by atoms with Crippen molar-refractivity contribution in [2.24, 2.45) is 0 Å². The monoisotopic (exact) mass is 299 g/mol. The van der Waals surface area contributed by atoms with Gasteiger partial charge in [0.05, 0.1) is 0 Å². The average Bonchev–Trinajstić information content (AvgIpc) is 2.66. The Bertz CT molecular complexity index is 452. The number of amides is 1. The first kappa shape index (κ1) is 16.7. The van der Waals surface area contributed by atoms with E-state index in [9.17, 15) is 4.79 Å². The van der Waals surface area contributed by atoms with Gasteiger partial charge < -0.3 is 21.3 Å². The highest BCUT2D eigenvalue weighted by atomic mass is 32.1. The van der Waals surface area contributed by atoms with Crippen LogP contribution in [0.25, 0.3) is 0 Å². The van der Waals surface area contributed by atoms with Crippen molar-refractivity contribution in [3.8, 4) is 0 Å². The molecule has 1 heterocycles. The molecule has 0 atom stereocenters. The van der Waals surface area contributed by atoms with Gasteiger partial charge in [-0.15, -0.1) is 0 Å². The molecular weight excluding hydrogens is 274 g/mol. The van der Waals surface area contributed by atoms with Crippen LogP contribution in [-0.4, -0.2) is 48.5 Å². The second-order valence-electron chi connectivity index (χ2n) is 5.79. The summed E-state index contributed by atoms with van der Waals surface area (Å²) in [6.45, 7) is 7.69. The Balaban J connectivity index is 2.73. The molecule has 0 unspecified atom stereocenters. The fraction of sp³-hybridized carbons (Fsp3) is 0.692. The molecule has 114 valence electrons. The second kappa shape index (κ2) is 6.90. The number of carbonyl (C=O) groups is 1. The zero-order valence-electron chi connectivity index (χ0n) is 12.9. The Hall–Kier alpha value is -1.34. The SMILES string of the molecule is CNCCCN(C)C(=O)c1sc(NC(C)(C)C)nc1N. The van der Waals surface area contributed by atoms with Crippen molar-refractivity contribution in [1.82, 2.24) is 15.2 Å². The first-order valence-electron chi connectivity index (χ1n) is 6.69. The summed E-state index contributed by atoms with van der Waals surface area (Å²) >= 11 is 1.31. The Morgan fingerprint density at radius 2 is 2.10 bits per heavy atom. The molecule has 20 heavy (non-hydrogen) atoms. The Morgan fingerprint density at radius 3 is 2.65 bits per heavy atom. The van der Waals surface area contributed by atoms with Crippen LogP contribution in [-0.2, 0) is 0 Å². The zero-order chi connectivity index (χ0) is 15.3. The highest BCUT2D eigenvalue weighted by Crippen LogP contribution is 2.28. The molecule has 0 saturated carbocycles. The number of hydrogen-bond acceptors (Lipinski definition) is 6. The highest BCUT2D eigenvalue weighted by molar-refractivity contribution is 7.18. The van der Waals surface area contributed by atoms with Crippen LogP contribution in [0.2, 0.25) is 0 Å². The van der Waals surface area contributed by atoms with Gasteiger partial charge in [0.15, 0.2) is 5.13 Å². The fourth-order valence-electron chi connectivity index (χ4n) is 1.63. The van der Waals surface area contributed by atoms with Gasteiger partial charge in [-0.25, -0.2) is 4.98 Å². The van der Waals surface area contributed by atoms with Crippen LogP contribution in [0.15, 0.2) is 0 Å². The van der Waals surface area contributed by atoms with Crippen LogP contribution in [0.1, 0.15) is 36.9 Å². The lowest BCUT2D eigenvalue weighted by Crippen LogP contribution is -2.29. The van der Waals surface area contributed by atoms with Crippen molar-refractivity contribution in [3.63, 3.8) is 0 Å². The van der Waals surface area contributed by atoms with Gasteiger partial charge >= 0.3 is 0 Å². The second-order valence-corrected chi connectivity index (χ2v) is 6.79. The van der Waals surface area contributed by atoms with Crippen LogP contribution in [0.5, 0.6) is 0 Å². The van der Waals surface area contributed by atoms with Gasteiger partial charge in [0, 0.05) is 19.1 Å². The molecule has 4 N–H and O–H groups in total. The minimum absolute atomic E-state index is 0.0712. The van der Waals surface area contributed by atoms with Crippen molar-refractivity contribution in [2.75, 3.05) is 38.2 Å². The van der Waals surface area contributed by atoms with E-state index < -0.39 is 0 Å². The van der Waals surface area contributed by atoms with Crippen molar-refractivity contribution < 1.29 is 4.79 Å². The lowest BCUT2D eigenvalue weighted by Gasteiger charge is -2.19. The van der Waals surface area contributed by atoms with Gasteiger partial charge in [0.1, 0.15) is 10.7 Å². The van der Waals surface area contributed by atoms with Crippen LogP contribution < -0.4 is 16.4 Å². The number of rotatable bonds is 6. The number of nitrogens with one attached hydrogen (secondary N) is 2. The molecule has 1 amide bonds. The van der Waals surface area contributed by atoms with E-state index in [1.165, 1.54) is 11.3 Å². The molecule has 0 aliphatic rings. The van der Waals surface area contributed by atoms with Gasteiger partial charge in [0.2, 0.25) is 0 Å². The Morgan fingerprint density at radius 1 is 1.45 bits per heavy atom. The lowest BCUT2D eigenvalue weighted by atomic mass is 10.1. The highest BCUT2D eigenvalue weighted by Gasteiger charge is 2.21. The number of nitrogens with zero attached hydrogens (tertiary/aromatic N) is 2. The lowest BCUT2D eigenvalue weighted by molar-refractivity contribution is 0.0799. The molecule has 0 aliphatic carbocycles. The van der Waals surface area contributed by atoms with Crippen LogP contribution >= 0.6 is 11.3 Å². The van der Waals surface area contributed by atoms with E-state index in [4.69, 9.17) is 5.73 Å². The quantitative estimate of drug-likeness (QED) is 0.695.